The summed E-state index contributed by atoms with van der Waals surface area (Å²) < 4.78 is 10.4. The van der Waals surface area contributed by atoms with Gasteiger partial charge in [0.15, 0.2) is 6.39 Å². The van der Waals surface area contributed by atoms with E-state index in [4.69, 9.17) is 9.15 Å². The van der Waals surface area contributed by atoms with Crippen molar-refractivity contribution in [1.82, 2.24) is 15.2 Å². The van der Waals surface area contributed by atoms with Crippen molar-refractivity contribution < 1.29 is 13.9 Å². The summed E-state index contributed by atoms with van der Waals surface area (Å²) in [6, 6.07) is 0.314. The average Bonchev–Trinajstić information content (AvgIpc) is 3.05. The van der Waals surface area contributed by atoms with Crippen molar-refractivity contribution in [3.63, 3.8) is 0 Å². The first-order chi connectivity index (χ1) is 9.85. The number of nitrogens with zero attached hydrogens (tertiary/aromatic N) is 2. The molecule has 21 heavy (non-hydrogen) atoms. The van der Waals surface area contributed by atoms with Crippen molar-refractivity contribution >= 4 is 6.09 Å². The van der Waals surface area contributed by atoms with E-state index in [2.05, 4.69) is 17.2 Å². The normalized spacial score (nSPS) is 20.6. The van der Waals surface area contributed by atoms with Crippen LogP contribution in [-0.4, -0.2) is 40.7 Å². The molecular weight excluding hydrogens is 270 g/mol. The monoisotopic (exact) mass is 295 g/mol. The summed E-state index contributed by atoms with van der Waals surface area (Å²) in [5, 5.41) is 3.43. The van der Waals surface area contributed by atoms with E-state index in [9.17, 15) is 4.79 Å². The van der Waals surface area contributed by atoms with Gasteiger partial charge in [-0.25, -0.2) is 9.78 Å². The molecule has 1 N–H and O–H groups in total. The van der Waals surface area contributed by atoms with Crippen molar-refractivity contribution in [2.75, 3.05) is 13.1 Å². The standard InChI is InChI=1S/C15H25N3O3/c1-11(16-7-13-9-20-10-17-13)12-5-6-18(8-12)14(19)21-15(2,3)4/h9-12,16H,5-8H2,1-4H3. The lowest BCUT2D eigenvalue weighted by molar-refractivity contribution is 0.0286. The van der Waals surface area contributed by atoms with Crippen LogP contribution in [0.4, 0.5) is 4.79 Å². The Kier molecular flexibility index (Phi) is 4.88. The summed E-state index contributed by atoms with van der Waals surface area (Å²) in [6.45, 7) is 9.99. The molecule has 1 amide bonds. The number of oxazole rings is 1. The smallest absolute Gasteiger partial charge is 0.410 e. The van der Waals surface area contributed by atoms with Gasteiger partial charge in [-0.3, -0.25) is 0 Å². The Hall–Kier alpha value is -1.56. The molecule has 1 fully saturated rings. The molecular formula is C15H25N3O3. The number of carbonyl (C=O) groups is 1. The van der Waals surface area contributed by atoms with E-state index < -0.39 is 5.60 Å². The predicted octanol–water partition coefficient (Wildman–Crippen LogP) is 2.41. The Morgan fingerprint density at radius 3 is 3.00 bits per heavy atom. The lowest BCUT2D eigenvalue weighted by atomic mass is 10.0. The Morgan fingerprint density at radius 1 is 1.62 bits per heavy atom. The molecule has 2 heterocycles. The molecule has 0 saturated carbocycles. The molecule has 1 aliphatic rings. The molecule has 1 saturated heterocycles. The number of likely N-dealkylation sites (tertiary alicyclic amines) is 1. The number of hydrogen-bond acceptors (Lipinski definition) is 5. The first-order valence-corrected chi connectivity index (χ1v) is 7.43. The van der Waals surface area contributed by atoms with Gasteiger partial charge in [0.2, 0.25) is 0 Å². The molecule has 0 spiro atoms. The van der Waals surface area contributed by atoms with E-state index in [1.165, 1.54) is 6.39 Å². The fourth-order valence-electron chi connectivity index (χ4n) is 2.44. The molecule has 2 unspecified atom stereocenters. The lowest BCUT2D eigenvalue weighted by Crippen LogP contribution is -2.38. The van der Waals surface area contributed by atoms with E-state index in [0.29, 0.717) is 18.5 Å². The Bertz CT molecular complexity index is 453. The number of nitrogens with one attached hydrogen (secondary N) is 1. The minimum absolute atomic E-state index is 0.214. The maximum absolute atomic E-state index is 12.0. The third-order valence-corrected chi connectivity index (χ3v) is 3.67. The number of rotatable bonds is 4. The van der Waals surface area contributed by atoms with Crippen LogP contribution in [0.25, 0.3) is 0 Å². The van der Waals surface area contributed by atoms with Crippen LogP contribution >= 0.6 is 0 Å². The van der Waals surface area contributed by atoms with Gasteiger partial charge in [0.05, 0.1) is 5.69 Å². The van der Waals surface area contributed by atoms with Gasteiger partial charge in [-0.1, -0.05) is 0 Å². The van der Waals surface area contributed by atoms with E-state index in [-0.39, 0.29) is 6.09 Å². The van der Waals surface area contributed by atoms with E-state index in [1.807, 2.05) is 20.8 Å². The largest absolute Gasteiger partial charge is 0.451 e. The van der Waals surface area contributed by atoms with Crippen molar-refractivity contribution in [3.05, 3.63) is 18.4 Å². The van der Waals surface area contributed by atoms with Crippen LogP contribution in [0, 0.1) is 5.92 Å². The molecule has 1 aromatic rings. The topological polar surface area (TPSA) is 67.6 Å². The van der Waals surface area contributed by atoms with Crippen molar-refractivity contribution in [2.24, 2.45) is 5.92 Å². The van der Waals surface area contributed by atoms with Gasteiger partial charge in [-0.15, -0.1) is 0 Å². The highest BCUT2D eigenvalue weighted by atomic mass is 16.6. The number of ether oxygens (including phenoxy) is 1. The summed E-state index contributed by atoms with van der Waals surface area (Å²) in [4.78, 5) is 17.9. The minimum atomic E-state index is -0.439. The van der Waals surface area contributed by atoms with Gasteiger partial charge >= 0.3 is 6.09 Å². The maximum atomic E-state index is 12.0. The maximum Gasteiger partial charge on any atom is 0.410 e. The first-order valence-electron chi connectivity index (χ1n) is 7.43. The molecule has 118 valence electrons. The number of amides is 1. The average molecular weight is 295 g/mol. The van der Waals surface area contributed by atoms with Crippen LogP contribution in [0.3, 0.4) is 0 Å². The molecule has 0 bridgehead atoms. The second-order valence-electron chi connectivity index (χ2n) is 6.62. The van der Waals surface area contributed by atoms with Crippen LogP contribution in [0.2, 0.25) is 0 Å². The first kappa shape index (κ1) is 15.8. The third kappa shape index (κ3) is 4.74. The molecule has 6 heteroatoms. The highest BCUT2D eigenvalue weighted by Gasteiger charge is 2.32. The van der Waals surface area contributed by atoms with Crippen molar-refractivity contribution in [3.8, 4) is 0 Å². The Morgan fingerprint density at radius 2 is 2.38 bits per heavy atom. The summed E-state index contributed by atoms with van der Waals surface area (Å²) >= 11 is 0. The van der Waals surface area contributed by atoms with Crippen molar-refractivity contribution in [2.45, 2.75) is 52.3 Å². The highest BCUT2D eigenvalue weighted by molar-refractivity contribution is 5.68. The van der Waals surface area contributed by atoms with Gasteiger partial charge < -0.3 is 19.4 Å². The number of aromatic nitrogens is 1. The fourth-order valence-corrected chi connectivity index (χ4v) is 2.44. The summed E-state index contributed by atoms with van der Waals surface area (Å²) in [5.74, 6) is 0.435. The Balaban J connectivity index is 1.77. The molecule has 0 aromatic carbocycles. The van der Waals surface area contributed by atoms with Gasteiger partial charge in [0, 0.05) is 25.7 Å². The quantitative estimate of drug-likeness (QED) is 0.924. The van der Waals surface area contributed by atoms with Crippen LogP contribution < -0.4 is 5.32 Å². The van der Waals surface area contributed by atoms with E-state index >= 15 is 0 Å². The van der Waals surface area contributed by atoms with Crippen LogP contribution in [0.15, 0.2) is 17.1 Å². The SMILES string of the molecule is CC(NCc1cocn1)C1CCN(C(=O)OC(C)(C)C)C1. The highest BCUT2D eigenvalue weighted by Crippen LogP contribution is 2.22. The number of hydrogen-bond donors (Lipinski definition) is 1. The lowest BCUT2D eigenvalue weighted by Gasteiger charge is -2.25. The van der Waals surface area contributed by atoms with Crippen LogP contribution in [0.1, 0.15) is 39.8 Å². The molecule has 2 rings (SSSR count). The third-order valence-electron chi connectivity index (χ3n) is 3.67. The molecule has 0 radical (unpaired) electrons. The van der Waals surface area contributed by atoms with Gasteiger partial charge in [-0.2, -0.15) is 0 Å². The molecule has 2 atom stereocenters. The van der Waals surface area contributed by atoms with E-state index in [0.717, 1.165) is 25.2 Å². The second-order valence-corrected chi connectivity index (χ2v) is 6.62. The molecule has 6 nitrogen and oxygen atoms in total. The Labute approximate surface area is 125 Å². The summed E-state index contributed by atoms with van der Waals surface area (Å²) in [6.07, 6.45) is 3.85. The van der Waals surface area contributed by atoms with Crippen LogP contribution in [0.5, 0.6) is 0 Å². The zero-order valence-electron chi connectivity index (χ0n) is 13.3. The second kappa shape index (κ2) is 6.47. The molecule has 1 aliphatic heterocycles. The molecule has 1 aromatic heterocycles. The predicted molar refractivity (Wildman–Crippen MR) is 78.7 cm³/mol. The summed E-state index contributed by atoms with van der Waals surface area (Å²) in [5.41, 5.74) is 0.454. The zero-order chi connectivity index (χ0) is 15.5. The van der Waals surface area contributed by atoms with Gasteiger partial charge in [0.1, 0.15) is 11.9 Å². The van der Waals surface area contributed by atoms with Gasteiger partial charge in [-0.05, 0) is 40.0 Å². The summed E-state index contributed by atoms with van der Waals surface area (Å²) in [7, 11) is 0. The number of carbonyl (C=O) groups excluding carboxylic acids is 1. The zero-order valence-corrected chi connectivity index (χ0v) is 13.3. The fraction of sp³-hybridized carbons (Fsp3) is 0.733. The molecule has 0 aliphatic carbocycles. The van der Waals surface area contributed by atoms with E-state index in [1.54, 1.807) is 11.2 Å². The minimum Gasteiger partial charge on any atom is -0.451 e. The van der Waals surface area contributed by atoms with Crippen molar-refractivity contribution in [1.29, 1.82) is 0 Å². The van der Waals surface area contributed by atoms with Gasteiger partial charge in [0.25, 0.3) is 0 Å². The van der Waals surface area contributed by atoms with Crippen LogP contribution in [-0.2, 0) is 11.3 Å².